The zero-order valence-electron chi connectivity index (χ0n) is 23.9. The summed E-state index contributed by atoms with van der Waals surface area (Å²) >= 11 is 0. The molecule has 0 spiro atoms. The molecular formula is C31H63NO2. The summed E-state index contributed by atoms with van der Waals surface area (Å²) < 4.78 is 0. The largest absolute Gasteiger partial charge is 0.478 e. The van der Waals surface area contributed by atoms with Gasteiger partial charge in [0.15, 0.2) is 0 Å². The van der Waals surface area contributed by atoms with Crippen LogP contribution in [0.5, 0.6) is 0 Å². The van der Waals surface area contributed by atoms with Crippen LogP contribution in [0.25, 0.3) is 0 Å². The first-order valence-electron chi connectivity index (χ1n) is 15.0. The lowest BCUT2D eigenvalue weighted by Gasteiger charge is -2.21. The highest BCUT2D eigenvalue weighted by atomic mass is 16.4. The smallest absolute Gasteiger partial charge is 0.331 e. The van der Waals surface area contributed by atoms with Crippen LogP contribution in [0.2, 0.25) is 0 Å². The first-order valence-corrected chi connectivity index (χ1v) is 15.0. The van der Waals surface area contributed by atoms with Gasteiger partial charge < -0.3 is 11.3 Å². The summed E-state index contributed by atoms with van der Waals surface area (Å²) in [4.78, 5) is 11.6. The molecule has 0 unspecified atom stereocenters. The van der Waals surface area contributed by atoms with Crippen molar-refractivity contribution in [1.29, 1.82) is 0 Å². The molecule has 0 amide bonds. The molecule has 0 rings (SSSR count). The molecule has 0 aromatic carbocycles. The predicted molar refractivity (Wildman–Crippen MR) is 152 cm³/mol. The second-order valence-electron chi connectivity index (χ2n) is 10.4. The lowest BCUT2D eigenvalue weighted by atomic mass is 9.84. The molecule has 0 heterocycles. The Kier molecular flexibility index (Phi) is 27.8. The summed E-state index contributed by atoms with van der Waals surface area (Å²) in [6, 6.07) is 0. The fraction of sp³-hybridized carbons (Fsp3) is 0.903. The Morgan fingerprint density at radius 2 is 0.853 bits per heavy atom. The first kappa shape index (κ1) is 35.3. The third-order valence-electron chi connectivity index (χ3n) is 7.49. The second-order valence-corrected chi connectivity index (χ2v) is 10.4. The van der Waals surface area contributed by atoms with Crippen LogP contribution in [-0.4, -0.2) is 11.1 Å². The normalized spacial score (nSPS) is 12.0. The van der Waals surface area contributed by atoms with Gasteiger partial charge in [-0.3, -0.25) is 0 Å². The number of rotatable bonds is 25. The van der Waals surface area contributed by atoms with Gasteiger partial charge in [0, 0.05) is 5.57 Å². The number of carbonyl (C=O) groups is 1. The number of carboxylic acid groups (broad SMARTS) is 1. The van der Waals surface area contributed by atoms with Crippen LogP contribution < -0.4 is 6.15 Å². The number of hydrogen-bond acceptors (Lipinski definition) is 2. The standard InChI is InChI=1S/C31H60O2.H3N/c1-5-8-10-12-14-16-18-20-22-24-26-29(30(7-3)28(4)31(32)33)27-25-23-21-19-17-15-13-11-9-6-2;/h29H,5-27H2,1-4H3,(H,32,33);1H3/b30-28+;. The highest BCUT2D eigenvalue weighted by Gasteiger charge is 2.18. The van der Waals surface area contributed by atoms with E-state index < -0.39 is 5.97 Å². The monoisotopic (exact) mass is 481 g/mol. The highest BCUT2D eigenvalue weighted by molar-refractivity contribution is 5.86. The van der Waals surface area contributed by atoms with E-state index >= 15 is 0 Å². The van der Waals surface area contributed by atoms with Gasteiger partial charge in [0.1, 0.15) is 0 Å². The molecule has 4 N–H and O–H groups in total. The van der Waals surface area contributed by atoms with Crippen LogP contribution in [0.1, 0.15) is 175 Å². The van der Waals surface area contributed by atoms with Gasteiger partial charge in [-0.25, -0.2) is 4.79 Å². The molecule has 0 fully saturated rings. The molecular weight excluding hydrogens is 418 g/mol. The Morgan fingerprint density at radius 3 is 1.12 bits per heavy atom. The van der Waals surface area contributed by atoms with Gasteiger partial charge in [-0.05, 0) is 32.1 Å². The molecule has 0 aromatic rings. The molecule has 0 aliphatic rings. The first-order chi connectivity index (χ1) is 16.1. The van der Waals surface area contributed by atoms with Gasteiger partial charge in [-0.2, -0.15) is 0 Å². The topological polar surface area (TPSA) is 72.3 Å². The van der Waals surface area contributed by atoms with Crippen molar-refractivity contribution in [3.8, 4) is 0 Å². The van der Waals surface area contributed by atoms with Crippen LogP contribution >= 0.6 is 0 Å². The van der Waals surface area contributed by atoms with E-state index in [4.69, 9.17) is 0 Å². The molecule has 0 radical (unpaired) electrons. The zero-order chi connectivity index (χ0) is 24.6. The maximum atomic E-state index is 11.6. The Morgan fingerprint density at radius 1 is 0.559 bits per heavy atom. The highest BCUT2D eigenvalue weighted by Crippen LogP contribution is 2.30. The number of carboxylic acids is 1. The van der Waals surface area contributed by atoms with Gasteiger partial charge in [-0.1, -0.05) is 155 Å². The lowest BCUT2D eigenvalue weighted by Crippen LogP contribution is -2.11. The van der Waals surface area contributed by atoms with Gasteiger partial charge in [0.05, 0.1) is 0 Å². The van der Waals surface area contributed by atoms with Gasteiger partial charge in [0.25, 0.3) is 0 Å². The molecule has 0 saturated carbocycles. The third kappa shape index (κ3) is 20.5. The summed E-state index contributed by atoms with van der Waals surface area (Å²) in [5.74, 6) is -0.239. The minimum absolute atomic E-state index is 0. The van der Waals surface area contributed by atoms with Crippen LogP contribution in [0.15, 0.2) is 11.1 Å². The van der Waals surface area contributed by atoms with E-state index in [2.05, 4.69) is 20.8 Å². The van der Waals surface area contributed by atoms with Crippen molar-refractivity contribution in [3.05, 3.63) is 11.1 Å². The average Bonchev–Trinajstić information content (AvgIpc) is 2.81. The van der Waals surface area contributed by atoms with Gasteiger partial charge >= 0.3 is 5.97 Å². The molecule has 204 valence electrons. The molecule has 0 aromatic heterocycles. The number of unbranched alkanes of at least 4 members (excludes halogenated alkanes) is 18. The molecule has 0 aliphatic carbocycles. The van der Waals surface area contributed by atoms with Crippen molar-refractivity contribution in [1.82, 2.24) is 6.15 Å². The predicted octanol–water partition coefficient (Wildman–Crippen LogP) is 11.2. The van der Waals surface area contributed by atoms with Crippen molar-refractivity contribution in [2.75, 3.05) is 0 Å². The quantitative estimate of drug-likeness (QED) is 0.100. The number of hydrogen-bond donors (Lipinski definition) is 2. The summed E-state index contributed by atoms with van der Waals surface area (Å²) in [5.41, 5.74) is 1.83. The summed E-state index contributed by atoms with van der Waals surface area (Å²) in [6.07, 6.45) is 30.5. The van der Waals surface area contributed by atoms with Crippen LogP contribution in [-0.2, 0) is 4.79 Å². The molecule has 3 heteroatoms. The Balaban J connectivity index is 0. The SMILES string of the molecule is CCCCCCCCCCCCC(CCCCCCCCCCCC)/C(CC)=C(\C)C(=O)O.N. The van der Waals surface area contributed by atoms with Gasteiger partial charge in [0.2, 0.25) is 0 Å². The Bertz CT molecular complexity index is 448. The lowest BCUT2D eigenvalue weighted by molar-refractivity contribution is -0.132. The maximum absolute atomic E-state index is 11.6. The maximum Gasteiger partial charge on any atom is 0.331 e. The third-order valence-corrected chi connectivity index (χ3v) is 7.49. The molecule has 34 heavy (non-hydrogen) atoms. The zero-order valence-corrected chi connectivity index (χ0v) is 23.9. The van der Waals surface area contributed by atoms with E-state index in [9.17, 15) is 9.90 Å². The van der Waals surface area contributed by atoms with E-state index in [0.29, 0.717) is 11.5 Å². The molecule has 3 nitrogen and oxygen atoms in total. The summed E-state index contributed by atoms with van der Waals surface area (Å²) in [6.45, 7) is 8.53. The minimum atomic E-state index is -0.719. The van der Waals surface area contributed by atoms with E-state index in [0.717, 1.165) is 6.42 Å². The van der Waals surface area contributed by atoms with Crippen molar-refractivity contribution in [3.63, 3.8) is 0 Å². The van der Waals surface area contributed by atoms with Crippen molar-refractivity contribution in [2.45, 2.75) is 175 Å². The average molecular weight is 482 g/mol. The second kappa shape index (κ2) is 26.8. The van der Waals surface area contributed by atoms with Crippen molar-refractivity contribution >= 4 is 5.97 Å². The van der Waals surface area contributed by atoms with E-state index in [1.54, 1.807) is 0 Å². The molecule has 0 aliphatic heterocycles. The van der Waals surface area contributed by atoms with E-state index in [1.807, 2.05) is 6.92 Å². The summed E-state index contributed by atoms with van der Waals surface area (Å²) in [5, 5.41) is 9.57. The van der Waals surface area contributed by atoms with Crippen LogP contribution in [0, 0.1) is 5.92 Å². The summed E-state index contributed by atoms with van der Waals surface area (Å²) in [7, 11) is 0. The molecule has 0 saturated heterocycles. The number of aliphatic carboxylic acids is 1. The number of allylic oxidation sites excluding steroid dienone is 1. The van der Waals surface area contributed by atoms with E-state index in [1.165, 1.54) is 147 Å². The Labute approximate surface area is 214 Å². The molecule has 0 bridgehead atoms. The fourth-order valence-corrected chi connectivity index (χ4v) is 5.25. The van der Waals surface area contributed by atoms with Crippen LogP contribution in [0.4, 0.5) is 0 Å². The van der Waals surface area contributed by atoms with E-state index in [-0.39, 0.29) is 6.15 Å². The van der Waals surface area contributed by atoms with Crippen molar-refractivity contribution in [2.24, 2.45) is 5.92 Å². The van der Waals surface area contributed by atoms with Crippen LogP contribution in [0.3, 0.4) is 0 Å². The fourth-order valence-electron chi connectivity index (χ4n) is 5.25. The minimum Gasteiger partial charge on any atom is -0.478 e. The Hall–Kier alpha value is -0.830. The van der Waals surface area contributed by atoms with Gasteiger partial charge in [-0.15, -0.1) is 0 Å². The van der Waals surface area contributed by atoms with Crippen molar-refractivity contribution < 1.29 is 9.90 Å². The molecule has 0 atom stereocenters.